The molecular weight excluding hydrogens is 301 g/mol. The van der Waals surface area contributed by atoms with Crippen molar-refractivity contribution in [2.24, 2.45) is 5.92 Å². The molecule has 0 saturated carbocycles. The molecule has 0 spiro atoms. The second-order valence-corrected chi connectivity index (χ2v) is 5.32. The van der Waals surface area contributed by atoms with Gasteiger partial charge in [-0.1, -0.05) is 29.8 Å². The van der Waals surface area contributed by atoms with Crippen molar-refractivity contribution in [3.63, 3.8) is 0 Å². The van der Waals surface area contributed by atoms with Gasteiger partial charge in [0, 0.05) is 11.6 Å². The molecule has 0 bridgehead atoms. The summed E-state index contributed by atoms with van der Waals surface area (Å²) in [5, 5.41) is 2.77. The predicted octanol–water partition coefficient (Wildman–Crippen LogP) is 2.99. The molecule has 5 heteroatoms. The summed E-state index contributed by atoms with van der Waals surface area (Å²) in [5.41, 5.74) is 0.0416. The number of amides is 1. The zero-order valence-electron chi connectivity index (χ0n) is 10.7. The summed E-state index contributed by atoms with van der Waals surface area (Å²) in [7, 11) is 1.57. The van der Waals surface area contributed by atoms with Gasteiger partial charge >= 0.3 is 0 Å². The highest BCUT2D eigenvalue weighted by Crippen LogP contribution is 2.15. The monoisotopic (exact) mass is 317 g/mol. The number of halogens is 2. The lowest BCUT2D eigenvalue weighted by Gasteiger charge is -2.21. The van der Waals surface area contributed by atoms with Crippen LogP contribution in [-0.4, -0.2) is 25.7 Å². The highest BCUT2D eigenvalue weighted by molar-refractivity contribution is 9.10. The van der Waals surface area contributed by atoms with Crippen LogP contribution in [0.4, 0.5) is 4.39 Å². The molecular formula is C13H17BrFNO2. The van der Waals surface area contributed by atoms with Gasteiger partial charge in [-0.15, -0.1) is 0 Å². The fourth-order valence-corrected chi connectivity index (χ4v) is 1.83. The van der Waals surface area contributed by atoms with Crippen LogP contribution < -0.4 is 5.32 Å². The average molecular weight is 318 g/mol. The first-order chi connectivity index (χ1) is 8.45. The highest BCUT2D eigenvalue weighted by Gasteiger charge is 2.19. The third-order valence-corrected chi connectivity index (χ3v) is 3.14. The summed E-state index contributed by atoms with van der Waals surface area (Å²) in [6, 6.07) is 4.23. The van der Waals surface area contributed by atoms with Crippen LogP contribution in [0.25, 0.3) is 0 Å². The first kappa shape index (κ1) is 15.1. The van der Waals surface area contributed by atoms with Crippen molar-refractivity contribution < 1.29 is 13.9 Å². The molecule has 1 aromatic rings. The molecule has 1 unspecified atom stereocenters. The van der Waals surface area contributed by atoms with Crippen molar-refractivity contribution >= 4 is 21.8 Å². The molecule has 18 heavy (non-hydrogen) atoms. The molecule has 0 aliphatic rings. The first-order valence-corrected chi connectivity index (χ1v) is 6.50. The minimum absolute atomic E-state index is 0.0416. The number of hydrogen-bond acceptors (Lipinski definition) is 2. The SMILES string of the molecule is COCC(NC(=O)c1ccc(Br)cc1F)C(C)C. The molecule has 1 rings (SSSR count). The van der Waals surface area contributed by atoms with E-state index in [0.717, 1.165) is 0 Å². The lowest BCUT2D eigenvalue weighted by atomic mass is 10.0. The van der Waals surface area contributed by atoms with Gasteiger partial charge in [0.05, 0.1) is 18.2 Å². The molecule has 0 aliphatic carbocycles. The van der Waals surface area contributed by atoms with Crippen LogP contribution in [0.2, 0.25) is 0 Å². The Hall–Kier alpha value is -0.940. The number of benzene rings is 1. The van der Waals surface area contributed by atoms with E-state index in [1.165, 1.54) is 12.1 Å². The molecule has 0 aromatic heterocycles. The van der Waals surface area contributed by atoms with Crippen molar-refractivity contribution in [3.8, 4) is 0 Å². The summed E-state index contributed by atoms with van der Waals surface area (Å²) in [6.45, 7) is 4.35. The highest BCUT2D eigenvalue weighted by atomic mass is 79.9. The zero-order chi connectivity index (χ0) is 13.7. The number of hydrogen-bond donors (Lipinski definition) is 1. The van der Waals surface area contributed by atoms with Crippen LogP contribution in [0.1, 0.15) is 24.2 Å². The summed E-state index contributed by atoms with van der Waals surface area (Å²) < 4.78 is 19.3. The Bertz CT molecular complexity index is 423. The number of methoxy groups -OCH3 is 1. The third kappa shape index (κ3) is 4.07. The number of rotatable bonds is 5. The first-order valence-electron chi connectivity index (χ1n) is 5.70. The Kier molecular flexibility index (Phi) is 5.75. The summed E-state index contributed by atoms with van der Waals surface area (Å²) in [4.78, 5) is 11.9. The van der Waals surface area contributed by atoms with Crippen LogP contribution >= 0.6 is 15.9 Å². The lowest BCUT2D eigenvalue weighted by molar-refractivity contribution is 0.0862. The van der Waals surface area contributed by atoms with E-state index in [2.05, 4.69) is 21.2 Å². The quantitative estimate of drug-likeness (QED) is 0.906. The van der Waals surface area contributed by atoms with Gasteiger partial charge < -0.3 is 10.1 Å². The van der Waals surface area contributed by atoms with E-state index < -0.39 is 11.7 Å². The fraction of sp³-hybridized carbons (Fsp3) is 0.462. The smallest absolute Gasteiger partial charge is 0.254 e. The van der Waals surface area contributed by atoms with E-state index in [9.17, 15) is 9.18 Å². The molecule has 3 nitrogen and oxygen atoms in total. The van der Waals surface area contributed by atoms with Crippen LogP contribution in [0.5, 0.6) is 0 Å². The molecule has 1 N–H and O–H groups in total. The van der Waals surface area contributed by atoms with E-state index in [-0.39, 0.29) is 17.5 Å². The van der Waals surface area contributed by atoms with Crippen LogP contribution in [0.15, 0.2) is 22.7 Å². The number of carbonyl (C=O) groups excluding carboxylic acids is 1. The summed E-state index contributed by atoms with van der Waals surface area (Å²) in [6.07, 6.45) is 0. The lowest BCUT2D eigenvalue weighted by Crippen LogP contribution is -2.41. The second kappa shape index (κ2) is 6.85. The van der Waals surface area contributed by atoms with E-state index >= 15 is 0 Å². The molecule has 0 fully saturated rings. The Morgan fingerprint density at radius 3 is 2.67 bits per heavy atom. The average Bonchev–Trinajstić information content (AvgIpc) is 2.27. The molecule has 100 valence electrons. The van der Waals surface area contributed by atoms with Gasteiger partial charge in [0.2, 0.25) is 0 Å². The minimum atomic E-state index is -0.540. The van der Waals surface area contributed by atoms with Gasteiger partial charge in [0.25, 0.3) is 5.91 Å². The summed E-state index contributed by atoms with van der Waals surface area (Å²) >= 11 is 3.15. The molecule has 0 heterocycles. The topological polar surface area (TPSA) is 38.3 Å². The maximum absolute atomic E-state index is 13.6. The molecule has 1 aromatic carbocycles. The standard InChI is InChI=1S/C13H17BrFNO2/c1-8(2)12(7-18-3)16-13(17)10-5-4-9(14)6-11(10)15/h4-6,8,12H,7H2,1-3H3,(H,16,17). The summed E-state index contributed by atoms with van der Waals surface area (Å²) in [5.74, 6) is -0.745. The zero-order valence-corrected chi connectivity index (χ0v) is 12.3. The molecule has 1 amide bonds. The van der Waals surface area contributed by atoms with Crippen molar-refractivity contribution in [1.29, 1.82) is 0 Å². The maximum Gasteiger partial charge on any atom is 0.254 e. The number of ether oxygens (including phenoxy) is 1. The molecule has 1 atom stereocenters. The fourth-order valence-electron chi connectivity index (χ4n) is 1.50. The Morgan fingerprint density at radius 2 is 2.17 bits per heavy atom. The Balaban J connectivity index is 2.80. The van der Waals surface area contributed by atoms with Gasteiger partial charge in [-0.2, -0.15) is 0 Å². The molecule has 0 radical (unpaired) electrons. The van der Waals surface area contributed by atoms with Crippen molar-refractivity contribution in [3.05, 3.63) is 34.1 Å². The minimum Gasteiger partial charge on any atom is -0.383 e. The van der Waals surface area contributed by atoms with Crippen molar-refractivity contribution in [2.75, 3.05) is 13.7 Å². The van der Waals surface area contributed by atoms with Gasteiger partial charge in [0.1, 0.15) is 5.82 Å². The number of carbonyl (C=O) groups is 1. The van der Waals surface area contributed by atoms with Gasteiger partial charge in [-0.25, -0.2) is 4.39 Å². The normalized spacial score (nSPS) is 12.6. The van der Waals surface area contributed by atoms with Crippen LogP contribution in [0, 0.1) is 11.7 Å². The van der Waals surface area contributed by atoms with Gasteiger partial charge in [-0.05, 0) is 24.1 Å². The van der Waals surface area contributed by atoms with E-state index in [0.29, 0.717) is 11.1 Å². The number of nitrogens with one attached hydrogen (secondary N) is 1. The van der Waals surface area contributed by atoms with Crippen LogP contribution in [0.3, 0.4) is 0 Å². The van der Waals surface area contributed by atoms with Gasteiger partial charge in [0.15, 0.2) is 0 Å². The van der Waals surface area contributed by atoms with Gasteiger partial charge in [-0.3, -0.25) is 4.79 Å². The van der Waals surface area contributed by atoms with Crippen molar-refractivity contribution in [2.45, 2.75) is 19.9 Å². The maximum atomic E-state index is 13.6. The Morgan fingerprint density at radius 1 is 1.50 bits per heavy atom. The third-order valence-electron chi connectivity index (χ3n) is 2.64. The largest absolute Gasteiger partial charge is 0.383 e. The van der Waals surface area contributed by atoms with E-state index in [1.807, 2.05) is 13.8 Å². The molecule has 0 aliphatic heterocycles. The van der Waals surface area contributed by atoms with E-state index in [4.69, 9.17) is 4.74 Å². The van der Waals surface area contributed by atoms with Crippen molar-refractivity contribution in [1.82, 2.24) is 5.32 Å². The predicted molar refractivity (Wildman–Crippen MR) is 72.1 cm³/mol. The molecule has 0 saturated heterocycles. The Labute approximate surface area is 115 Å². The van der Waals surface area contributed by atoms with E-state index in [1.54, 1.807) is 13.2 Å². The van der Waals surface area contributed by atoms with Crippen LogP contribution in [-0.2, 0) is 4.74 Å². The second-order valence-electron chi connectivity index (χ2n) is 4.40.